The van der Waals surface area contributed by atoms with Gasteiger partial charge in [-0.25, -0.2) is 4.98 Å². The molecular formula is C14H16N2O3S. The molecule has 0 atom stereocenters. The number of methoxy groups -OCH3 is 2. The molecule has 6 heteroatoms. The van der Waals surface area contributed by atoms with Gasteiger partial charge < -0.3 is 19.1 Å². The number of thioether (sulfide) groups is 1. The van der Waals surface area contributed by atoms with Crippen LogP contribution in [0.1, 0.15) is 5.69 Å². The Morgan fingerprint density at radius 1 is 1.35 bits per heavy atom. The lowest BCUT2D eigenvalue weighted by Crippen LogP contribution is -2.02. The second-order valence-electron chi connectivity index (χ2n) is 4.41. The number of aromatic nitrogens is 2. The summed E-state index contributed by atoms with van der Waals surface area (Å²) in [5, 5.41) is 10.6. The Balaban J connectivity index is 2.17. The number of benzene rings is 1. The van der Waals surface area contributed by atoms with Crippen molar-refractivity contribution in [1.29, 1.82) is 0 Å². The van der Waals surface area contributed by atoms with Crippen LogP contribution < -0.4 is 9.47 Å². The van der Waals surface area contributed by atoms with E-state index in [0.717, 1.165) is 45.9 Å². The summed E-state index contributed by atoms with van der Waals surface area (Å²) >= 11 is 1.70. The van der Waals surface area contributed by atoms with E-state index in [-0.39, 0.29) is 6.61 Å². The quantitative estimate of drug-likeness (QED) is 0.936. The highest BCUT2D eigenvalue weighted by Gasteiger charge is 2.24. The monoisotopic (exact) mass is 292 g/mol. The number of imidazole rings is 1. The van der Waals surface area contributed by atoms with Gasteiger partial charge in [0.1, 0.15) is 11.5 Å². The summed E-state index contributed by atoms with van der Waals surface area (Å²) in [5.74, 6) is 2.47. The molecule has 20 heavy (non-hydrogen) atoms. The Hall–Kier alpha value is -1.66. The lowest BCUT2D eigenvalue weighted by Gasteiger charge is -2.10. The van der Waals surface area contributed by atoms with E-state index >= 15 is 0 Å². The van der Waals surface area contributed by atoms with Gasteiger partial charge >= 0.3 is 0 Å². The van der Waals surface area contributed by atoms with Gasteiger partial charge in [-0.2, -0.15) is 0 Å². The first-order valence-corrected chi connectivity index (χ1v) is 7.32. The first kappa shape index (κ1) is 13.3. The third kappa shape index (κ3) is 2.05. The van der Waals surface area contributed by atoms with Crippen molar-refractivity contribution in [3.8, 4) is 22.8 Å². The minimum Gasteiger partial charge on any atom is -0.497 e. The van der Waals surface area contributed by atoms with E-state index in [9.17, 15) is 5.11 Å². The van der Waals surface area contributed by atoms with Crippen LogP contribution in [0, 0.1) is 0 Å². The first-order valence-electron chi connectivity index (χ1n) is 6.34. The first-order chi connectivity index (χ1) is 9.78. The third-order valence-corrected chi connectivity index (χ3v) is 4.35. The van der Waals surface area contributed by atoms with Gasteiger partial charge in [-0.1, -0.05) is 11.8 Å². The van der Waals surface area contributed by atoms with Crippen molar-refractivity contribution in [2.75, 3.05) is 20.0 Å². The molecule has 0 spiro atoms. The predicted octanol–water partition coefficient (Wildman–Crippen LogP) is 2.17. The van der Waals surface area contributed by atoms with E-state index in [2.05, 4.69) is 9.55 Å². The number of aliphatic hydroxyl groups is 1. The molecule has 2 aromatic rings. The van der Waals surface area contributed by atoms with Crippen molar-refractivity contribution in [2.24, 2.45) is 0 Å². The van der Waals surface area contributed by atoms with Crippen molar-refractivity contribution >= 4 is 11.8 Å². The number of ether oxygens (including phenoxy) is 2. The van der Waals surface area contributed by atoms with Gasteiger partial charge in [0.15, 0.2) is 5.16 Å². The molecule has 3 rings (SSSR count). The van der Waals surface area contributed by atoms with Crippen LogP contribution in [0.5, 0.6) is 11.5 Å². The SMILES string of the molecule is COc1ccc(OC)c(-c2nc3n(c2CO)CCS3)c1. The molecule has 106 valence electrons. The zero-order valence-electron chi connectivity index (χ0n) is 11.4. The number of fused-ring (bicyclic) bond motifs is 1. The van der Waals surface area contributed by atoms with E-state index in [4.69, 9.17) is 9.47 Å². The van der Waals surface area contributed by atoms with Gasteiger partial charge in [-0.3, -0.25) is 0 Å². The maximum atomic E-state index is 9.68. The van der Waals surface area contributed by atoms with Gasteiger partial charge in [0.25, 0.3) is 0 Å². The van der Waals surface area contributed by atoms with Gasteiger partial charge in [0.05, 0.1) is 32.2 Å². The second kappa shape index (κ2) is 5.38. The summed E-state index contributed by atoms with van der Waals surface area (Å²) in [6.45, 7) is 0.846. The summed E-state index contributed by atoms with van der Waals surface area (Å²) in [4.78, 5) is 4.65. The molecule has 0 amide bonds. The van der Waals surface area contributed by atoms with E-state index in [1.54, 1.807) is 26.0 Å². The average molecular weight is 292 g/mol. The summed E-state index contributed by atoms with van der Waals surface area (Å²) in [6.07, 6.45) is 0. The van der Waals surface area contributed by atoms with Gasteiger partial charge in [-0.15, -0.1) is 0 Å². The highest BCUT2D eigenvalue weighted by atomic mass is 32.2. The van der Waals surface area contributed by atoms with Crippen LogP contribution in [-0.4, -0.2) is 34.6 Å². The zero-order chi connectivity index (χ0) is 14.1. The molecule has 1 aliphatic heterocycles. The highest BCUT2D eigenvalue weighted by molar-refractivity contribution is 7.99. The lowest BCUT2D eigenvalue weighted by atomic mass is 10.1. The van der Waals surface area contributed by atoms with Crippen LogP contribution in [0.2, 0.25) is 0 Å². The van der Waals surface area contributed by atoms with Gasteiger partial charge in [0.2, 0.25) is 0 Å². The molecule has 1 aliphatic rings. The molecule has 5 nitrogen and oxygen atoms in total. The maximum Gasteiger partial charge on any atom is 0.168 e. The number of hydrogen-bond donors (Lipinski definition) is 1. The molecule has 2 heterocycles. The standard InChI is InChI=1S/C14H16N2O3S/c1-18-9-3-4-12(19-2)10(7-9)13-11(8-17)16-5-6-20-14(16)15-13/h3-4,7,17H,5-6,8H2,1-2H3. The minimum atomic E-state index is -0.0384. The van der Waals surface area contributed by atoms with Crippen molar-refractivity contribution in [2.45, 2.75) is 18.3 Å². The van der Waals surface area contributed by atoms with E-state index < -0.39 is 0 Å². The Morgan fingerprint density at radius 2 is 2.20 bits per heavy atom. The topological polar surface area (TPSA) is 56.5 Å². The minimum absolute atomic E-state index is 0.0384. The van der Waals surface area contributed by atoms with Crippen LogP contribution >= 0.6 is 11.8 Å². The van der Waals surface area contributed by atoms with E-state index in [1.807, 2.05) is 18.2 Å². The second-order valence-corrected chi connectivity index (χ2v) is 5.48. The van der Waals surface area contributed by atoms with E-state index in [0.29, 0.717) is 0 Å². The largest absolute Gasteiger partial charge is 0.497 e. The van der Waals surface area contributed by atoms with Crippen LogP contribution in [0.4, 0.5) is 0 Å². The summed E-state index contributed by atoms with van der Waals surface area (Å²) in [5.41, 5.74) is 2.44. The zero-order valence-corrected chi connectivity index (χ0v) is 12.2. The summed E-state index contributed by atoms with van der Waals surface area (Å²) < 4.78 is 12.7. The van der Waals surface area contributed by atoms with Crippen molar-refractivity contribution < 1.29 is 14.6 Å². The normalized spacial score (nSPS) is 13.3. The Bertz CT molecular complexity index is 640. The summed E-state index contributed by atoms with van der Waals surface area (Å²) in [6, 6.07) is 5.59. The molecule has 0 fully saturated rings. The van der Waals surface area contributed by atoms with Crippen molar-refractivity contribution in [3.63, 3.8) is 0 Å². The van der Waals surface area contributed by atoms with Crippen LogP contribution in [0.15, 0.2) is 23.4 Å². The fourth-order valence-corrected chi connectivity index (χ4v) is 3.38. The summed E-state index contributed by atoms with van der Waals surface area (Å²) in [7, 11) is 3.25. The molecule has 1 aromatic carbocycles. The number of hydrogen-bond acceptors (Lipinski definition) is 5. The molecule has 1 aromatic heterocycles. The highest BCUT2D eigenvalue weighted by Crippen LogP contribution is 2.38. The lowest BCUT2D eigenvalue weighted by molar-refractivity contribution is 0.271. The maximum absolute atomic E-state index is 9.68. The Kier molecular flexibility index (Phi) is 3.58. The van der Waals surface area contributed by atoms with E-state index in [1.165, 1.54) is 0 Å². The molecule has 0 aliphatic carbocycles. The van der Waals surface area contributed by atoms with Crippen molar-refractivity contribution in [3.05, 3.63) is 23.9 Å². The molecular weight excluding hydrogens is 276 g/mol. The Morgan fingerprint density at radius 3 is 2.90 bits per heavy atom. The van der Waals surface area contributed by atoms with Gasteiger partial charge in [0, 0.05) is 17.9 Å². The van der Waals surface area contributed by atoms with Crippen LogP contribution in [0.3, 0.4) is 0 Å². The fraction of sp³-hybridized carbons (Fsp3) is 0.357. The third-order valence-electron chi connectivity index (χ3n) is 3.40. The molecule has 0 unspecified atom stereocenters. The molecule has 1 N–H and O–H groups in total. The van der Waals surface area contributed by atoms with Crippen LogP contribution in [-0.2, 0) is 13.2 Å². The molecule has 0 bridgehead atoms. The molecule has 0 saturated heterocycles. The van der Waals surface area contributed by atoms with Gasteiger partial charge in [-0.05, 0) is 18.2 Å². The number of rotatable bonds is 4. The average Bonchev–Trinajstić information content (AvgIpc) is 3.06. The Labute approximate surface area is 121 Å². The number of nitrogens with zero attached hydrogens (tertiary/aromatic N) is 2. The molecule has 0 saturated carbocycles. The fourth-order valence-electron chi connectivity index (χ4n) is 2.41. The predicted molar refractivity (Wildman–Crippen MR) is 77.4 cm³/mol. The van der Waals surface area contributed by atoms with Crippen LogP contribution in [0.25, 0.3) is 11.3 Å². The van der Waals surface area contributed by atoms with Crippen molar-refractivity contribution in [1.82, 2.24) is 9.55 Å². The molecule has 0 radical (unpaired) electrons. The number of aliphatic hydroxyl groups excluding tert-OH is 1. The smallest absolute Gasteiger partial charge is 0.168 e.